The second-order valence-electron chi connectivity index (χ2n) is 5.02. The summed E-state index contributed by atoms with van der Waals surface area (Å²) in [6.07, 6.45) is 3.54. The Morgan fingerprint density at radius 3 is 2.69 bits per heavy atom. The van der Waals surface area contributed by atoms with Gasteiger partial charge in [0.15, 0.2) is 0 Å². The average molecular weight is 231 g/mol. The van der Waals surface area contributed by atoms with Crippen LogP contribution in [0.5, 0.6) is 0 Å². The summed E-state index contributed by atoms with van der Waals surface area (Å²) in [5, 5.41) is 12.9. The van der Waals surface area contributed by atoms with Crippen LogP contribution < -0.4 is 5.32 Å². The van der Waals surface area contributed by atoms with Gasteiger partial charge >= 0.3 is 0 Å². The van der Waals surface area contributed by atoms with E-state index in [1.165, 1.54) is 19.3 Å². The molecule has 0 aromatic rings. The first-order valence-electron chi connectivity index (χ1n) is 6.12. The standard InChI is InChI=1S/C12H25NO3/c1-12(4-3-5-12)10-13-8-11(14)9-16-7-6-15-2/h11,13-14H,3-10H2,1-2H3. The van der Waals surface area contributed by atoms with Gasteiger partial charge in [0.25, 0.3) is 0 Å². The Bertz CT molecular complexity index is 183. The molecule has 1 rings (SSSR count). The molecule has 0 radical (unpaired) electrons. The number of ether oxygens (including phenoxy) is 2. The molecular formula is C12H25NO3. The quantitative estimate of drug-likeness (QED) is 0.576. The van der Waals surface area contributed by atoms with E-state index in [0.29, 0.717) is 31.8 Å². The first-order chi connectivity index (χ1) is 7.66. The zero-order valence-electron chi connectivity index (χ0n) is 10.5. The molecule has 0 amide bonds. The second kappa shape index (κ2) is 7.22. The fourth-order valence-corrected chi connectivity index (χ4v) is 1.92. The zero-order chi connectivity index (χ0) is 11.9. The highest BCUT2D eigenvalue weighted by molar-refractivity contribution is 4.85. The van der Waals surface area contributed by atoms with Crippen molar-refractivity contribution >= 4 is 0 Å². The molecule has 0 aliphatic heterocycles. The average Bonchev–Trinajstić information content (AvgIpc) is 2.22. The molecule has 4 heteroatoms. The minimum absolute atomic E-state index is 0.382. The molecular weight excluding hydrogens is 206 g/mol. The van der Waals surface area contributed by atoms with Crippen LogP contribution >= 0.6 is 0 Å². The molecule has 1 aliphatic rings. The Morgan fingerprint density at radius 1 is 1.38 bits per heavy atom. The third-order valence-corrected chi connectivity index (χ3v) is 3.23. The number of aliphatic hydroxyl groups excluding tert-OH is 1. The summed E-state index contributed by atoms with van der Waals surface area (Å²) >= 11 is 0. The van der Waals surface area contributed by atoms with Gasteiger partial charge in [-0.15, -0.1) is 0 Å². The molecule has 1 atom stereocenters. The predicted octanol–water partition coefficient (Wildman–Crippen LogP) is 0.790. The van der Waals surface area contributed by atoms with Gasteiger partial charge in [-0.2, -0.15) is 0 Å². The van der Waals surface area contributed by atoms with Crippen LogP contribution in [-0.4, -0.2) is 51.2 Å². The number of nitrogens with one attached hydrogen (secondary N) is 1. The van der Waals surface area contributed by atoms with Crippen LogP contribution in [0.4, 0.5) is 0 Å². The van der Waals surface area contributed by atoms with E-state index in [1.54, 1.807) is 7.11 Å². The smallest absolute Gasteiger partial charge is 0.0897 e. The molecule has 0 spiro atoms. The van der Waals surface area contributed by atoms with Crippen LogP contribution in [0.1, 0.15) is 26.2 Å². The van der Waals surface area contributed by atoms with E-state index in [2.05, 4.69) is 12.2 Å². The van der Waals surface area contributed by atoms with Gasteiger partial charge in [0, 0.05) is 20.2 Å². The predicted molar refractivity (Wildman–Crippen MR) is 63.5 cm³/mol. The molecule has 16 heavy (non-hydrogen) atoms. The largest absolute Gasteiger partial charge is 0.389 e. The second-order valence-corrected chi connectivity index (χ2v) is 5.02. The SMILES string of the molecule is COCCOCC(O)CNCC1(C)CCC1. The van der Waals surface area contributed by atoms with E-state index in [1.807, 2.05) is 0 Å². The maximum atomic E-state index is 9.61. The van der Waals surface area contributed by atoms with E-state index in [9.17, 15) is 5.11 Å². The van der Waals surface area contributed by atoms with Crippen LogP contribution in [0.2, 0.25) is 0 Å². The van der Waals surface area contributed by atoms with Gasteiger partial charge in [0.1, 0.15) is 0 Å². The molecule has 96 valence electrons. The van der Waals surface area contributed by atoms with Gasteiger partial charge < -0.3 is 19.9 Å². The van der Waals surface area contributed by atoms with Crippen LogP contribution in [-0.2, 0) is 9.47 Å². The molecule has 0 bridgehead atoms. The molecule has 0 saturated heterocycles. The lowest BCUT2D eigenvalue weighted by molar-refractivity contribution is 0.0120. The van der Waals surface area contributed by atoms with Gasteiger partial charge in [0.2, 0.25) is 0 Å². The van der Waals surface area contributed by atoms with Crippen LogP contribution in [0.25, 0.3) is 0 Å². The van der Waals surface area contributed by atoms with Gasteiger partial charge in [-0.3, -0.25) is 0 Å². The Balaban J connectivity index is 1.91. The molecule has 0 aromatic heterocycles. The summed E-state index contributed by atoms with van der Waals surface area (Å²) in [6.45, 7) is 5.42. The van der Waals surface area contributed by atoms with Gasteiger partial charge in [0.05, 0.1) is 25.9 Å². The normalized spacial score (nSPS) is 20.4. The highest BCUT2D eigenvalue weighted by atomic mass is 16.5. The lowest BCUT2D eigenvalue weighted by atomic mass is 9.70. The summed E-state index contributed by atoms with van der Waals surface area (Å²) in [5.41, 5.74) is 0.469. The van der Waals surface area contributed by atoms with E-state index in [0.717, 1.165) is 6.54 Å². The highest BCUT2D eigenvalue weighted by Crippen LogP contribution is 2.39. The fraction of sp³-hybridized carbons (Fsp3) is 1.00. The van der Waals surface area contributed by atoms with Crippen LogP contribution in [0, 0.1) is 5.41 Å². The third kappa shape index (κ3) is 5.25. The number of hydrogen-bond acceptors (Lipinski definition) is 4. The van der Waals surface area contributed by atoms with E-state index >= 15 is 0 Å². The van der Waals surface area contributed by atoms with Gasteiger partial charge in [-0.25, -0.2) is 0 Å². The topological polar surface area (TPSA) is 50.7 Å². The molecule has 1 unspecified atom stereocenters. The molecule has 1 fully saturated rings. The number of rotatable bonds is 9. The molecule has 1 aliphatic carbocycles. The molecule has 2 N–H and O–H groups in total. The van der Waals surface area contributed by atoms with Crippen molar-refractivity contribution in [2.24, 2.45) is 5.41 Å². The Morgan fingerprint density at radius 2 is 2.12 bits per heavy atom. The summed E-state index contributed by atoms with van der Waals surface area (Å²) in [7, 11) is 1.64. The van der Waals surface area contributed by atoms with E-state index in [-0.39, 0.29) is 0 Å². The van der Waals surface area contributed by atoms with E-state index < -0.39 is 6.10 Å². The van der Waals surface area contributed by atoms with Crippen molar-refractivity contribution in [2.75, 3.05) is 40.0 Å². The maximum absolute atomic E-state index is 9.61. The van der Waals surface area contributed by atoms with Crippen molar-refractivity contribution in [2.45, 2.75) is 32.3 Å². The van der Waals surface area contributed by atoms with Gasteiger partial charge in [-0.05, 0) is 18.3 Å². The van der Waals surface area contributed by atoms with Crippen LogP contribution in [0.3, 0.4) is 0 Å². The van der Waals surface area contributed by atoms with Crippen molar-refractivity contribution < 1.29 is 14.6 Å². The summed E-state index contributed by atoms with van der Waals surface area (Å²) < 4.78 is 10.1. The summed E-state index contributed by atoms with van der Waals surface area (Å²) in [4.78, 5) is 0. The monoisotopic (exact) mass is 231 g/mol. The highest BCUT2D eigenvalue weighted by Gasteiger charge is 2.31. The minimum Gasteiger partial charge on any atom is -0.389 e. The summed E-state index contributed by atoms with van der Waals surface area (Å²) in [5.74, 6) is 0. The molecule has 4 nitrogen and oxygen atoms in total. The van der Waals surface area contributed by atoms with Crippen molar-refractivity contribution in [3.05, 3.63) is 0 Å². The van der Waals surface area contributed by atoms with Crippen molar-refractivity contribution in [3.63, 3.8) is 0 Å². The zero-order valence-corrected chi connectivity index (χ0v) is 10.5. The lowest BCUT2D eigenvalue weighted by Crippen LogP contribution is -2.41. The summed E-state index contributed by atoms with van der Waals surface area (Å²) in [6, 6.07) is 0. The third-order valence-electron chi connectivity index (χ3n) is 3.23. The molecule has 0 heterocycles. The maximum Gasteiger partial charge on any atom is 0.0897 e. The van der Waals surface area contributed by atoms with Crippen LogP contribution in [0.15, 0.2) is 0 Å². The lowest BCUT2D eigenvalue weighted by Gasteiger charge is -2.38. The Hall–Kier alpha value is -0.160. The first kappa shape index (κ1) is 13.9. The molecule has 1 saturated carbocycles. The number of hydrogen-bond donors (Lipinski definition) is 2. The fourth-order valence-electron chi connectivity index (χ4n) is 1.92. The van der Waals surface area contributed by atoms with Gasteiger partial charge in [-0.1, -0.05) is 13.3 Å². The van der Waals surface area contributed by atoms with Crippen molar-refractivity contribution in [3.8, 4) is 0 Å². The number of aliphatic hydroxyl groups is 1. The number of methoxy groups -OCH3 is 1. The Kier molecular flexibility index (Phi) is 6.28. The Labute approximate surface area is 98.3 Å². The van der Waals surface area contributed by atoms with Crippen molar-refractivity contribution in [1.82, 2.24) is 5.32 Å². The molecule has 0 aromatic carbocycles. The first-order valence-corrected chi connectivity index (χ1v) is 6.12. The van der Waals surface area contributed by atoms with E-state index in [4.69, 9.17) is 9.47 Å². The van der Waals surface area contributed by atoms with Crippen molar-refractivity contribution in [1.29, 1.82) is 0 Å². The minimum atomic E-state index is -0.416.